The molecule has 0 aromatic carbocycles. The Morgan fingerprint density at radius 2 is 1.95 bits per heavy atom. The van der Waals surface area contributed by atoms with Crippen molar-refractivity contribution in [3.05, 3.63) is 41.5 Å². The van der Waals surface area contributed by atoms with Crippen LogP contribution in [0.4, 0.5) is 11.6 Å². The fourth-order valence-corrected chi connectivity index (χ4v) is 1.90. The Kier molecular flexibility index (Phi) is 4.81. The molecular formula is C15H19N5O. The number of hydrogen-bond donors (Lipinski definition) is 2. The summed E-state index contributed by atoms with van der Waals surface area (Å²) in [6.07, 6.45) is 4.02. The maximum absolute atomic E-state index is 12.2. The fraction of sp³-hybridized carbons (Fsp3) is 0.333. The van der Waals surface area contributed by atoms with Gasteiger partial charge in [-0.1, -0.05) is 6.92 Å². The van der Waals surface area contributed by atoms with Gasteiger partial charge in [0.1, 0.15) is 17.3 Å². The molecule has 21 heavy (non-hydrogen) atoms. The molecule has 0 radical (unpaired) electrons. The van der Waals surface area contributed by atoms with Crippen molar-refractivity contribution in [2.45, 2.75) is 27.2 Å². The summed E-state index contributed by atoms with van der Waals surface area (Å²) in [5, 5.41) is 5.85. The molecule has 0 saturated carbocycles. The lowest BCUT2D eigenvalue weighted by molar-refractivity contribution is 0.102. The first-order valence-electron chi connectivity index (χ1n) is 6.91. The highest BCUT2D eigenvalue weighted by Gasteiger charge is 2.10. The summed E-state index contributed by atoms with van der Waals surface area (Å²) >= 11 is 0. The van der Waals surface area contributed by atoms with Crippen LogP contribution in [-0.2, 0) is 0 Å². The zero-order valence-electron chi connectivity index (χ0n) is 12.5. The molecular weight excluding hydrogens is 266 g/mol. The molecule has 2 aromatic heterocycles. The van der Waals surface area contributed by atoms with Crippen LogP contribution in [0.3, 0.4) is 0 Å². The highest BCUT2D eigenvalue weighted by Crippen LogP contribution is 2.10. The van der Waals surface area contributed by atoms with Gasteiger partial charge in [0, 0.05) is 12.2 Å². The van der Waals surface area contributed by atoms with Crippen LogP contribution in [0.1, 0.15) is 35.1 Å². The van der Waals surface area contributed by atoms with Gasteiger partial charge in [0.2, 0.25) is 0 Å². The first-order chi connectivity index (χ1) is 10.1. The van der Waals surface area contributed by atoms with Crippen molar-refractivity contribution in [2.75, 3.05) is 17.2 Å². The van der Waals surface area contributed by atoms with Gasteiger partial charge >= 0.3 is 0 Å². The Balaban J connectivity index is 2.12. The number of carbonyl (C=O) groups excluding carboxylic acids is 1. The van der Waals surface area contributed by atoms with Crippen LogP contribution in [0.5, 0.6) is 0 Å². The number of anilines is 2. The van der Waals surface area contributed by atoms with E-state index in [0.29, 0.717) is 11.6 Å². The van der Waals surface area contributed by atoms with E-state index in [-0.39, 0.29) is 11.6 Å². The Bertz CT molecular complexity index is 621. The van der Waals surface area contributed by atoms with Gasteiger partial charge < -0.3 is 10.6 Å². The predicted molar refractivity (Wildman–Crippen MR) is 82.5 cm³/mol. The van der Waals surface area contributed by atoms with E-state index < -0.39 is 0 Å². The van der Waals surface area contributed by atoms with Gasteiger partial charge in [0.15, 0.2) is 0 Å². The minimum Gasteiger partial charge on any atom is -0.369 e. The summed E-state index contributed by atoms with van der Waals surface area (Å²) in [6, 6.07) is 3.77. The minimum atomic E-state index is -0.319. The van der Waals surface area contributed by atoms with Gasteiger partial charge in [0.25, 0.3) is 5.91 Å². The predicted octanol–water partition coefficient (Wildman–Crippen LogP) is 2.56. The van der Waals surface area contributed by atoms with Gasteiger partial charge in [-0.25, -0.2) is 9.97 Å². The van der Waals surface area contributed by atoms with E-state index >= 15 is 0 Å². The minimum absolute atomic E-state index is 0.261. The molecule has 0 bridgehead atoms. The second-order valence-corrected chi connectivity index (χ2v) is 4.84. The molecule has 0 unspecified atom stereocenters. The summed E-state index contributed by atoms with van der Waals surface area (Å²) in [6.45, 7) is 6.69. The van der Waals surface area contributed by atoms with Crippen molar-refractivity contribution in [2.24, 2.45) is 0 Å². The molecule has 0 aliphatic heterocycles. The Labute approximate surface area is 124 Å². The highest BCUT2D eigenvalue weighted by molar-refractivity contribution is 6.02. The molecule has 0 aliphatic rings. The van der Waals surface area contributed by atoms with Crippen molar-refractivity contribution in [1.29, 1.82) is 0 Å². The van der Waals surface area contributed by atoms with E-state index in [1.165, 1.54) is 6.20 Å². The number of rotatable bonds is 5. The van der Waals surface area contributed by atoms with E-state index in [1.54, 1.807) is 6.20 Å². The average molecular weight is 285 g/mol. The van der Waals surface area contributed by atoms with Gasteiger partial charge in [-0.2, -0.15) is 0 Å². The quantitative estimate of drug-likeness (QED) is 0.882. The molecule has 110 valence electrons. The lowest BCUT2D eigenvalue weighted by Gasteiger charge is -2.07. The number of carbonyl (C=O) groups is 1. The van der Waals surface area contributed by atoms with E-state index in [0.717, 1.165) is 24.2 Å². The molecule has 0 fully saturated rings. The second kappa shape index (κ2) is 6.78. The Morgan fingerprint density at radius 1 is 1.14 bits per heavy atom. The third-order valence-electron chi connectivity index (χ3n) is 2.76. The summed E-state index contributed by atoms with van der Waals surface area (Å²) in [5.74, 6) is 0.796. The van der Waals surface area contributed by atoms with Crippen molar-refractivity contribution in [1.82, 2.24) is 15.0 Å². The molecule has 6 nitrogen and oxygen atoms in total. The fourth-order valence-electron chi connectivity index (χ4n) is 1.90. The van der Waals surface area contributed by atoms with Crippen LogP contribution < -0.4 is 10.6 Å². The van der Waals surface area contributed by atoms with Gasteiger partial charge in [-0.15, -0.1) is 0 Å². The molecule has 0 spiro atoms. The normalized spacial score (nSPS) is 10.2. The third kappa shape index (κ3) is 4.24. The van der Waals surface area contributed by atoms with Crippen LogP contribution >= 0.6 is 0 Å². The molecule has 1 amide bonds. The molecule has 2 N–H and O–H groups in total. The summed E-state index contributed by atoms with van der Waals surface area (Å²) in [7, 11) is 0. The molecule has 2 aromatic rings. The van der Waals surface area contributed by atoms with Gasteiger partial charge in [-0.3, -0.25) is 9.78 Å². The lowest BCUT2D eigenvalue weighted by atomic mass is 10.2. The van der Waals surface area contributed by atoms with Crippen LogP contribution in [0, 0.1) is 13.8 Å². The lowest BCUT2D eigenvalue weighted by Crippen LogP contribution is -2.16. The van der Waals surface area contributed by atoms with Crippen molar-refractivity contribution in [3.8, 4) is 0 Å². The van der Waals surface area contributed by atoms with E-state index in [4.69, 9.17) is 0 Å². The Morgan fingerprint density at radius 3 is 2.67 bits per heavy atom. The number of nitrogens with zero attached hydrogens (tertiary/aromatic N) is 3. The molecule has 2 rings (SSSR count). The zero-order valence-corrected chi connectivity index (χ0v) is 12.5. The number of hydrogen-bond acceptors (Lipinski definition) is 5. The number of aryl methyl sites for hydroxylation is 2. The van der Waals surface area contributed by atoms with Crippen LogP contribution in [0.15, 0.2) is 24.5 Å². The van der Waals surface area contributed by atoms with Crippen LogP contribution in [-0.4, -0.2) is 27.4 Å². The Hall–Kier alpha value is -2.50. The van der Waals surface area contributed by atoms with E-state index in [9.17, 15) is 4.79 Å². The standard InChI is InChI=1S/C15H19N5O/c1-4-5-17-14-9-16-8-12(19-14)15(21)20-13-7-10(2)6-11(3)18-13/h6-9H,4-5H2,1-3H3,(H,17,19)(H,18,20,21). The van der Waals surface area contributed by atoms with Gasteiger partial charge in [0.05, 0.1) is 12.4 Å². The van der Waals surface area contributed by atoms with E-state index in [2.05, 4.69) is 32.5 Å². The highest BCUT2D eigenvalue weighted by atomic mass is 16.1. The number of amides is 1. The smallest absolute Gasteiger partial charge is 0.277 e. The van der Waals surface area contributed by atoms with Crippen LogP contribution in [0.25, 0.3) is 0 Å². The molecule has 6 heteroatoms. The van der Waals surface area contributed by atoms with Crippen molar-refractivity contribution < 1.29 is 4.79 Å². The molecule has 0 atom stereocenters. The topological polar surface area (TPSA) is 79.8 Å². The van der Waals surface area contributed by atoms with Crippen molar-refractivity contribution >= 4 is 17.5 Å². The molecule has 0 saturated heterocycles. The number of nitrogens with one attached hydrogen (secondary N) is 2. The SMILES string of the molecule is CCCNc1cncc(C(=O)Nc2cc(C)cc(C)n2)n1. The first kappa shape index (κ1) is 14.9. The van der Waals surface area contributed by atoms with Crippen LogP contribution in [0.2, 0.25) is 0 Å². The van der Waals surface area contributed by atoms with Crippen molar-refractivity contribution in [3.63, 3.8) is 0 Å². The summed E-state index contributed by atoms with van der Waals surface area (Å²) in [5.41, 5.74) is 2.16. The van der Waals surface area contributed by atoms with E-state index in [1.807, 2.05) is 26.0 Å². The number of pyridine rings is 1. The largest absolute Gasteiger partial charge is 0.369 e. The summed E-state index contributed by atoms with van der Waals surface area (Å²) < 4.78 is 0. The first-order valence-corrected chi connectivity index (χ1v) is 6.91. The zero-order chi connectivity index (χ0) is 15.2. The average Bonchev–Trinajstić information content (AvgIpc) is 2.44. The monoisotopic (exact) mass is 285 g/mol. The molecule has 2 heterocycles. The molecule has 0 aliphatic carbocycles. The van der Waals surface area contributed by atoms with Gasteiger partial charge in [-0.05, 0) is 38.0 Å². The summed E-state index contributed by atoms with van der Waals surface area (Å²) in [4.78, 5) is 24.7. The third-order valence-corrected chi connectivity index (χ3v) is 2.76. The number of aromatic nitrogens is 3. The maximum Gasteiger partial charge on any atom is 0.277 e. The second-order valence-electron chi connectivity index (χ2n) is 4.84. The maximum atomic E-state index is 12.2.